The Morgan fingerprint density at radius 1 is 1.40 bits per heavy atom. The molecule has 1 heterocycles. The summed E-state index contributed by atoms with van der Waals surface area (Å²) in [6.45, 7) is 1.03. The molecule has 1 aromatic carbocycles. The van der Waals surface area contributed by atoms with E-state index in [2.05, 4.69) is 5.32 Å². The molecule has 0 aliphatic rings. The van der Waals surface area contributed by atoms with Crippen molar-refractivity contribution in [2.45, 2.75) is 13.0 Å². The highest BCUT2D eigenvalue weighted by Gasteiger charge is 2.20. The van der Waals surface area contributed by atoms with E-state index >= 15 is 0 Å². The fraction of sp³-hybridized carbons (Fsp3) is 0.214. The lowest BCUT2D eigenvalue weighted by molar-refractivity contribution is 0.0903. The van der Waals surface area contributed by atoms with Crippen LogP contribution in [-0.4, -0.2) is 17.6 Å². The van der Waals surface area contributed by atoms with E-state index in [1.54, 1.807) is 12.1 Å². The molecule has 20 heavy (non-hydrogen) atoms. The molecule has 0 saturated heterocycles. The van der Waals surface area contributed by atoms with Gasteiger partial charge in [0.2, 0.25) is 0 Å². The zero-order valence-electron chi connectivity index (χ0n) is 10.7. The lowest BCUT2D eigenvalue weighted by Crippen LogP contribution is -2.31. The van der Waals surface area contributed by atoms with Gasteiger partial charge in [-0.15, -0.1) is 0 Å². The van der Waals surface area contributed by atoms with Gasteiger partial charge >= 0.3 is 0 Å². The molecule has 0 aliphatic carbocycles. The van der Waals surface area contributed by atoms with E-state index in [4.69, 9.17) is 4.42 Å². The summed E-state index contributed by atoms with van der Waals surface area (Å²) in [5.74, 6) is -2.08. The van der Waals surface area contributed by atoms with E-state index in [0.717, 1.165) is 6.07 Å². The zero-order valence-corrected chi connectivity index (χ0v) is 10.7. The summed E-state index contributed by atoms with van der Waals surface area (Å²) >= 11 is 0. The van der Waals surface area contributed by atoms with Crippen LogP contribution < -0.4 is 5.32 Å². The Labute approximate surface area is 114 Å². The molecule has 0 radical (unpaired) electrons. The van der Waals surface area contributed by atoms with Gasteiger partial charge in [-0.3, -0.25) is 4.79 Å². The first kappa shape index (κ1) is 14.2. The average Bonchev–Trinajstić information content (AvgIpc) is 2.93. The number of carbonyl (C=O) groups is 1. The highest BCUT2D eigenvalue weighted by Crippen LogP contribution is 2.17. The van der Waals surface area contributed by atoms with Crippen LogP contribution >= 0.6 is 0 Å². The molecule has 6 heteroatoms. The number of benzene rings is 1. The number of rotatable bonds is 4. The van der Waals surface area contributed by atoms with E-state index in [1.807, 2.05) is 0 Å². The Morgan fingerprint density at radius 3 is 2.75 bits per heavy atom. The number of furan rings is 1. The van der Waals surface area contributed by atoms with Crippen LogP contribution in [0, 0.1) is 18.6 Å². The number of hydrogen-bond donors (Lipinski definition) is 2. The monoisotopic (exact) mass is 281 g/mol. The zero-order chi connectivity index (χ0) is 14.7. The van der Waals surface area contributed by atoms with Gasteiger partial charge in [0.15, 0.2) is 0 Å². The summed E-state index contributed by atoms with van der Waals surface area (Å²) < 4.78 is 31.8. The number of hydrogen-bond acceptors (Lipinski definition) is 3. The fourth-order valence-corrected chi connectivity index (χ4v) is 1.76. The minimum Gasteiger partial charge on any atom is -0.467 e. The number of amides is 1. The molecule has 1 amide bonds. The molecule has 0 spiro atoms. The molecule has 4 nitrogen and oxygen atoms in total. The Kier molecular flexibility index (Phi) is 4.14. The fourth-order valence-electron chi connectivity index (χ4n) is 1.76. The van der Waals surface area contributed by atoms with Gasteiger partial charge in [-0.25, -0.2) is 8.78 Å². The molecule has 2 aromatic rings. The van der Waals surface area contributed by atoms with E-state index in [1.165, 1.54) is 13.2 Å². The molecule has 1 aromatic heterocycles. The van der Waals surface area contributed by atoms with Crippen LogP contribution in [0.1, 0.15) is 27.7 Å². The van der Waals surface area contributed by atoms with Gasteiger partial charge in [-0.1, -0.05) is 0 Å². The van der Waals surface area contributed by atoms with Gasteiger partial charge in [0.25, 0.3) is 5.91 Å². The first-order valence-electron chi connectivity index (χ1n) is 5.93. The molecule has 0 saturated carbocycles. The van der Waals surface area contributed by atoms with Crippen LogP contribution in [0.5, 0.6) is 0 Å². The number of aryl methyl sites for hydroxylation is 1. The number of nitrogens with one attached hydrogen (secondary N) is 1. The van der Waals surface area contributed by atoms with Crippen molar-refractivity contribution in [2.75, 3.05) is 6.61 Å². The summed E-state index contributed by atoms with van der Waals surface area (Å²) in [5.41, 5.74) is -0.121. The predicted molar refractivity (Wildman–Crippen MR) is 67.1 cm³/mol. The molecule has 2 rings (SSSR count). The maximum absolute atomic E-state index is 13.6. The van der Waals surface area contributed by atoms with E-state index in [-0.39, 0.29) is 11.1 Å². The molecule has 1 unspecified atom stereocenters. The van der Waals surface area contributed by atoms with Crippen molar-refractivity contribution in [3.8, 4) is 0 Å². The highest BCUT2D eigenvalue weighted by atomic mass is 19.1. The smallest absolute Gasteiger partial charge is 0.254 e. The van der Waals surface area contributed by atoms with Gasteiger partial charge in [-0.2, -0.15) is 0 Å². The van der Waals surface area contributed by atoms with Crippen LogP contribution in [-0.2, 0) is 0 Å². The van der Waals surface area contributed by atoms with Crippen LogP contribution in [0.4, 0.5) is 8.78 Å². The Balaban J connectivity index is 2.21. The number of aliphatic hydroxyl groups excluding tert-OH is 1. The molecule has 0 fully saturated rings. The van der Waals surface area contributed by atoms with Crippen molar-refractivity contribution in [3.63, 3.8) is 0 Å². The van der Waals surface area contributed by atoms with Crippen molar-refractivity contribution in [1.29, 1.82) is 0 Å². The quantitative estimate of drug-likeness (QED) is 0.904. The van der Waals surface area contributed by atoms with Gasteiger partial charge in [-0.05, 0) is 30.7 Å². The maximum Gasteiger partial charge on any atom is 0.254 e. The summed E-state index contributed by atoms with van der Waals surface area (Å²) in [6, 6.07) is 4.17. The van der Waals surface area contributed by atoms with E-state index in [9.17, 15) is 18.7 Å². The normalized spacial score (nSPS) is 12.2. The minimum absolute atomic E-state index is 0.162. The standard InChI is InChI=1S/C14H13F2NO3/c1-8-5-9(11(16)6-10(8)15)14(19)17-12(7-18)13-3-2-4-20-13/h2-6,12,18H,7H2,1H3,(H,17,19). The number of halogens is 2. The second-order valence-electron chi connectivity index (χ2n) is 4.31. The van der Waals surface area contributed by atoms with Crippen molar-refractivity contribution in [1.82, 2.24) is 5.32 Å². The topological polar surface area (TPSA) is 62.5 Å². The average molecular weight is 281 g/mol. The molecule has 0 bridgehead atoms. The first-order chi connectivity index (χ1) is 9.52. The van der Waals surface area contributed by atoms with Crippen molar-refractivity contribution < 1.29 is 23.1 Å². The molecular weight excluding hydrogens is 268 g/mol. The van der Waals surface area contributed by atoms with Gasteiger partial charge in [0.1, 0.15) is 23.4 Å². The Bertz CT molecular complexity index is 611. The lowest BCUT2D eigenvalue weighted by Gasteiger charge is -2.14. The second kappa shape index (κ2) is 5.83. The summed E-state index contributed by atoms with van der Waals surface area (Å²) in [6.07, 6.45) is 1.40. The third-order valence-corrected chi connectivity index (χ3v) is 2.87. The minimum atomic E-state index is -0.957. The first-order valence-corrected chi connectivity index (χ1v) is 5.93. The molecular formula is C14H13F2NO3. The largest absolute Gasteiger partial charge is 0.467 e. The highest BCUT2D eigenvalue weighted by molar-refractivity contribution is 5.94. The Morgan fingerprint density at radius 2 is 2.15 bits per heavy atom. The van der Waals surface area contributed by atoms with Gasteiger partial charge in [0, 0.05) is 6.07 Å². The Hall–Kier alpha value is -2.21. The van der Waals surface area contributed by atoms with Crippen molar-refractivity contribution in [2.24, 2.45) is 0 Å². The summed E-state index contributed by atoms with van der Waals surface area (Å²) in [7, 11) is 0. The maximum atomic E-state index is 13.6. The third-order valence-electron chi connectivity index (χ3n) is 2.87. The lowest BCUT2D eigenvalue weighted by atomic mass is 10.1. The molecule has 106 valence electrons. The third kappa shape index (κ3) is 2.85. The summed E-state index contributed by atoms with van der Waals surface area (Å²) in [5, 5.41) is 11.7. The number of carbonyl (C=O) groups excluding carboxylic acids is 1. The van der Waals surface area contributed by atoms with Crippen LogP contribution in [0.3, 0.4) is 0 Å². The SMILES string of the molecule is Cc1cc(C(=O)NC(CO)c2ccco2)c(F)cc1F. The molecule has 1 atom stereocenters. The predicted octanol–water partition coefficient (Wildman–Crippen LogP) is 2.33. The van der Waals surface area contributed by atoms with Crippen LogP contribution in [0.25, 0.3) is 0 Å². The van der Waals surface area contributed by atoms with Crippen LogP contribution in [0.15, 0.2) is 34.9 Å². The van der Waals surface area contributed by atoms with Gasteiger partial charge in [0.05, 0.1) is 18.4 Å². The number of aliphatic hydroxyl groups is 1. The van der Waals surface area contributed by atoms with Crippen LogP contribution in [0.2, 0.25) is 0 Å². The summed E-state index contributed by atoms with van der Waals surface area (Å²) in [4.78, 5) is 12.0. The van der Waals surface area contributed by atoms with Gasteiger partial charge < -0.3 is 14.8 Å². The van der Waals surface area contributed by atoms with Crippen molar-refractivity contribution >= 4 is 5.91 Å². The molecule has 0 aliphatic heterocycles. The second-order valence-corrected chi connectivity index (χ2v) is 4.31. The van der Waals surface area contributed by atoms with Crippen molar-refractivity contribution in [3.05, 3.63) is 59.1 Å². The van der Waals surface area contributed by atoms with E-state index in [0.29, 0.717) is 11.8 Å². The molecule has 2 N–H and O–H groups in total. The van der Waals surface area contributed by atoms with E-state index < -0.39 is 30.2 Å².